The summed E-state index contributed by atoms with van der Waals surface area (Å²) >= 11 is 1.28. The number of carboxylic acid groups (broad SMARTS) is 1. The molecule has 1 heterocycles. The molecule has 0 radical (unpaired) electrons. The predicted molar refractivity (Wildman–Crippen MR) is 73.0 cm³/mol. The number of thiazole rings is 1. The van der Waals surface area contributed by atoms with Gasteiger partial charge in [0.05, 0.1) is 5.69 Å². The molecule has 2 rings (SSSR count). The number of rotatable bonds is 4. The molecule has 0 saturated carbocycles. The summed E-state index contributed by atoms with van der Waals surface area (Å²) in [7, 11) is 0. The average Bonchev–Trinajstić information content (AvgIpc) is 2.86. The van der Waals surface area contributed by atoms with E-state index >= 15 is 0 Å². The minimum atomic E-state index is -1.17. The first-order chi connectivity index (χ1) is 9.15. The van der Waals surface area contributed by atoms with Crippen molar-refractivity contribution in [1.82, 2.24) is 4.98 Å². The Morgan fingerprint density at radius 2 is 1.95 bits per heavy atom. The van der Waals surface area contributed by atoms with Gasteiger partial charge in [0.2, 0.25) is 5.91 Å². The van der Waals surface area contributed by atoms with Crippen LogP contribution in [-0.2, 0) is 9.59 Å². The topological polar surface area (TPSA) is 79.3 Å². The van der Waals surface area contributed by atoms with Crippen molar-refractivity contribution in [3.8, 4) is 11.3 Å². The molecule has 1 aromatic heterocycles. The third-order valence-corrected chi connectivity index (χ3v) is 2.94. The standard InChI is InChI=1S/C13H10N2O3S/c16-11(6-7-12(17)18)15-13-14-10(8-19-13)9-4-2-1-3-5-9/h1-8H,(H,17,18)(H,14,15,16)/b7-6-. The fourth-order valence-corrected chi connectivity index (χ4v) is 2.09. The van der Waals surface area contributed by atoms with E-state index in [0.29, 0.717) is 5.13 Å². The summed E-state index contributed by atoms with van der Waals surface area (Å²) in [5.41, 5.74) is 1.73. The van der Waals surface area contributed by atoms with Crippen molar-refractivity contribution in [1.29, 1.82) is 0 Å². The maximum Gasteiger partial charge on any atom is 0.328 e. The van der Waals surface area contributed by atoms with Crippen molar-refractivity contribution in [3.63, 3.8) is 0 Å². The van der Waals surface area contributed by atoms with Crippen LogP contribution in [0.15, 0.2) is 47.9 Å². The van der Waals surface area contributed by atoms with Crippen LogP contribution in [0.4, 0.5) is 5.13 Å². The number of benzene rings is 1. The van der Waals surface area contributed by atoms with Crippen LogP contribution in [-0.4, -0.2) is 22.0 Å². The number of aliphatic carboxylic acids is 1. The van der Waals surface area contributed by atoms with Crippen molar-refractivity contribution in [2.24, 2.45) is 0 Å². The minimum absolute atomic E-state index is 0.430. The Labute approximate surface area is 113 Å². The molecule has 0 bridgehead atoms. The summed E-state index contributed by atoms with van der Waals surface area (Å²) in [6.07, 6.45) is 1.73. The van der Waals surface area contributed by atoms with Gasteiger partial charge in [-0.15, -0.1) is 11.3 Å². The van der Waals surface area contributed by atoms with E-state index in [-0.39, 0.29) is 0 Å². The third-order valence-electron chi connectivity index (χ3n) is 2.18. The number of carboxylic acids is 1. The Kier molecular flexibility index (Phi) is 4.04. The highest BCUT2D eigenvalue weighted by molar-refractivity contribution is 7.14. The van der Waals surface area contributed by atoms with Gasteiger partial charge < -0.3 is 5.11 Å². The van der Waals surface area contributed by atoms with E-state index in [9.17, 15) is 9.59 Å². The lowest BCUT2D eigenvalue weighted by Gasteiger charge is -1.96. The Morgan fingerprint density at radius 1 is 1.21 bits per heavy atom. The van der Waals surface area contributed by atoms with Gasteiger partial charge in [-0.25, -0.2) is 9.78 Å². The smallest absolute Gasteiger partial charge is 0.328 e. The van der Waals surface area contributed by atoms with Crippen LogP contribution in [0.25, 0.3) is 11.3 Å². The fourth-order valence-electron chi connectivity index (χ4n) is 1.37. The van der Waals surface area contributed by atoms with Crippen LogP contribution in [0.3, 0.4) is 0 Å². The first-order valence-corrected chi connectivity index (χ1v) is 6.26. The second kappa shape index (κ2) is 5.92. The van der Waals surface area contributed by atoms with E-state index in [0.717, 1.165) is 23.4 Å². The van der Waals surface area contributed by atoms with Gasteiger partial charge in [-0.3, -0.25) is 10.1 Å². The molecule has 0 aliphatic carbocycles. The number of nitrogens with one attached hydrogen (secondary N) is 1. The largest absolute Gasteiger partial charge is 0.478 e. The molecule has 0 spiro atoms. The van der Waals surface area contributed by atoms with Gasteiger partial charge in [-0.1, -0.05) is 30.3 Å². The molecule has 96 valence electrons. The molecule has 0 unspecified atom stereocenters. The number of carbonyl (C=O) groups is 2. The summed E-state index contributed by atoms with van der Waals surface area (Å²) in [5, 5.41) is 13.2. The molecule has 6 heteroatoms. The van der Waals surface area contributed by atoms with E-state index in [1.54, 1.807) is 0 Å². The van der Waals surface area contributed by atoms with Gasteiger partial charge in [0.15, 0.2) is 5.13 Å². The molecule has 0 atom stereocenters. The van der Waals surface area contributed by atoms with Gasteiger partial charge in [-0.05, 0) is 0 Å². The lowest BCUT2D eigenvalue weighted by atomic mass is 10.2. The molecular weight excluding hydrogens is 264 g/mol. The second-order valence-electron chi connectivity index (χ2n) is 3.56. The highest BCUT2D eigenvalue weighted by Crippen LogP contribution is 2.24. The molecule has 5 nitrogen and oxygen atoms in total. The van der Waals surface area contributed by atoms with Gasteiger partial charge in [-0.2, -0.15) is 0 Å². The summed E-state index contributed by atoms with van der Waals surface area (Å²) < 4.78 is 0. The molecule has 19 heavy (non-hydrogen) atoms. The average molecular weight is 274 g/mol. The highest BCUT2D eigenvalue weighted by Gasteiger charge is 2.06. The van der Waals surface area contributed by atoms with E-state index < -0.39 is 11.9 Å². The van der Waals surface area contributed by atoms with Crippen LogP contribution in [0.2, 0.25) is 0 Å². The molecule has 1 amide bonds. The van der Waals surface area contributed by atoms with Crippen LogP contribution in [0.1, 0.15) is 0 Å². The van der Waals surface area contributed by atoms with Gasteiger partial charge >= 0.3 is 5.97 Å². The fraction of sp³-hybridized carbons (Fsp3) is 0. The molecule has 0 saturated heterocycles. The molecule has 1 aromatic carbocycles. The number of aromatic nitrogens is 1. The normalized spacial score (nSPS) is 10.5. The van der Waals surface area contributed by atoms with Crippen LogP contribution < -0.4 is 5.32 Å². The molecule has 0 aliphatic rings. The van der Waals surface area contributed by atoms with Gasteiger partial charge in [0, 0.05) is 23.1 Å². The summed E-state index contributed by atoms with van der Waals surface area (Å²) in [6.45, 7) is 0. The number of nitrogens with zero attached hydrogens (tertiary/aromatic N) is 1. The number of carbonyl (C=O) groups excluding carboxylic acids is 1. The maximum atomic E-state index is 11.4. The predicted octanol–water partition coefficient (Wildman–Crippen LogP) is 2.39. The lowest BCUT2D eigenvalue weighted by Crippen LogP contribution is -2.08. The second-order valence-corrected chi connectivity index (χ2v) is 4.42. The zero-order valence-corrected chi connectivity index (χ0v) is 10.6. The van der Waals surface area contributed by atoms with Crippen molar-refractivity contribution in [3.05, 3.63) is 47.9 Å². The Hall–Kier alpha value is -2.47. The van der Waals surface area contributed by atoms with Crippen molar-refractivity contribution in [2.45, 2.75) is 0 Å². The van der Waals surface area contributed by atoms with Crippen LogP contribution in [0.5, 0.6) is 0 Å². The highest BCUT2D eigenvalue weighted by atomic mass is 32.1. The van der Waals surface area contributed by atoms with E-state index in [1.807, 2.05) is 35.7 Å². The Morgan fingerprint density at radius 3 is 2.63 bits per heavy atom. The van der Waals surface area contributed by atoms with Crippen LogP contribution in [0, 0.1) is 0 Å². The van der Waals surface area contributed by atoms with Crippen molar-refractivity contribution >= 4 is 28.3 Å². The zero-order valence-electron chi connectivity index (χ0n) is 9.74. The number of anilines is 1. The number of hydrogen-bond donors (Lipinski definition) is 2. The third kappa shape index (κ3) is 3.75. The monoisotopic (exact) mass is 274 g/mol. The zero-order chi connectivity index (χ0) is 13.7. The number of amides is 1. The molecule has 0 aliphatic heterocycles. The minimum Gasteiger partial charge on any atom is -0.478 e. The Balaban J connectivity index is 2.06. The van der Waals surface area contributed by atoms with E-state index in [2.05, 4.69) is 10.3 Å². The summed E-state index contributed by atoms with van der Waals surface area (Å²) in [4.78, 5) is 25.9. The molecule has 2 N–H and O–H groups in total. The lowest BCUT2D eigenvalue weighted by molar-refractivity contribution is -0.131. The van der Waals surface area contributed by atoms with Crippen molar-refractivity contribution < 1.29 is 14.7 Å². The first kappa shape index (κ1) is 13.0. The van der Waals surface area contributed by atoms with E-state index in [1.165, 1.54) is 11.3 Å². The van der Waals surface area contributed by atoms with E-state index in [4.69, 9.17) is 5.11 Å². The SMILES string of the molecule is O=C(O)/C=C\C(=O)Nc1nc(-c2ccccc2)cs1. The summed E-state index contributed by atoms with van der Waals surface area (Å²) in [5.74, 6) is -1.68. The maximum absolute atomic E-state index is 11.4. The number of hydrogen-bond acceptors (Lipinski definition) is 4. The first-order valence-electron chi connectivity index (χ1n) is 5.38. The summed E-state index contributed by atoms with van der Waals surface area (Å²) in [6, 6.07) is 9.57. The quantitative estimate of drug-likeness (QED) is 0.839. The molecule has 2 aromatic rings. The van der Waals surface area contributed by atoms with Crippen molar-refractivity contribution in [2.75, 3.05) is 5.32 Å². The molecular formula is C13H10N2O3S. The van der Waals surface area contributed by atoms with Gasteiger partial charge in [0.25, 0.3) is 0 Å². The van der Waals surface area contributed by atoms with Crippen LogP contribution >= 0.6 is 11.3 Å². The van der Waals surface area contributed by atoms with Gasteiger partial charge in [0.1, 0.15) is 0 Å². The Bertz CT molecular complexity index is 620. The molecule has 0 fully saturated rings.